The number of rotatable bonds is 5. The van der Waals surface area contributed by atoms with Gasteiger partial charge < -0.3 is 15.4 Å². The topological polar surface area (TPSA) is 65.1 Å². The highest BCUT2D eigenvalue weighted by atomic mass is 32.2. The summed E-state index contributed by atoms with van der Waals surface area (Å²) in [5.41, 5.74) is 2.29. The van der Waals surface area contributed by atoms with E-state index >= 15 is 0 Å². The van der Waals surface area contributed by atoms with Gasteiger partial charge in [-0.15, -0.1) is 11.8 Å². The Morgan fingerprint density at radius 1 is 1.50 bits per heavy atom. The Kier molecular flexibility index (Phi) is 4.28. The first-order valence-electron chi connectivity index (χ1n) is 5.79. The lowest BCUT2D eigenvalue weighted by atomic mass is 10.1. The average molecular weight is 264 g/mol. The minimum absolute atomic E-state index is 0.0252. The van der Waals surface area contributed by atoms with Crippen molar-refractivity contribution in [2.45, 2.75) is 11.8 Å². The van der Waals surface area contributed by atoms with Crippen molar-refractivity contribution in [1.29, 1.82) is 0 Å². The number of benzene rings is 1. The van der Waals surface area contributed by atoms with Gasteiger partial charge in [0.15, 0.2) is 0 Å². The fraction of sp³-hybridized carbons (Fsp3) is 0.308. The SMILES string of the molecule is Cc1cccc2[nH]cc(SCC(=O)NCCO)c12. The molecular weight excluding hydrogens is 248 g/mol. The molecular formula is C13H16N2O2S. The number of hydrogen-bond acceptors (Lipinski definition) is 3. The number of carbonyl (C=O) groups is 1. The Bertz CT molecular complexity index is 551. The Labute approximate surface area is 110 Å². The zero-order chi connectivity index (χ0) is 13.0. The van der Waals surface area contributed by atoms with Crippen molar-refractivity contribution in [2.75, 3.05) is 18.9 Å². The largest absolute Gasteiger partial charge is 0.395 e. The summed E-state index contributed by atoms with van der Waals surface area (Å²) >= 11 is 1.50. The van der Waals surface area contributed by atoms with E-state index < -0.39 is 0 Å². The molecule has 2 aromatic rings. The van der Waals surface area contributed by atoms with Crippen LogP contribution in [-0.4, -0.2) is 34.9 Å². The molecule has 0 aliphatic carbocycles. The van der Waals surface area contributed by atoms with Crippen molar-refractivity contribution >= 4 is 28.6 Å². The Hall–Kier alpha value is -1.46. The quantitative estimate of drug-likeness (QED) is 0.720. The van der Waals surface area contributed by atoms with Gasteiger partial charge in [-0.1, -0.05) is 12.1 Å². The molecule has 1 amide bonds. The lowest BCUT2D eigenvalue weighted by Gasteiger charge is -2.03. The maximum Gasteiger partial charge on any atom is 0.230 e. The van der Waals surface area contributed by atoms with E-state index in [1.807, 2.05) is 18.3 Å². The average Bonchev–Trinajstić information content (AvgIpc) is 2.78. The molecule has 1 aromatic heterocycles. The van der Waals surface area contributed by atoms with E-state index in [4.69, 9.17) is 5.11 Å². The number of nitrogens with one attached hydrogen (secondary N) is 2. The zero-order valence-corrected chi connectivity index (χ0v) is 11.0. The molecule has 18 heavy (non-hydrogen) atoms. The van der Waals surface area contributed by atoms with Gasteiger partial charge in [0.05, 0.1) is 12.4 Å². The number of aliphatic hydroxyl groups is 1. The van der Waals surface area contributed by atoms with Gasteiger partial charge in [-0.3, -0.25) is 4.79 Å². The predicted molar refractivity (Wildman–Crippen MR) is 73.9 cm³/mol. The van der Waals surface area contributed by atoms with Gasteiger partial charge in [0.2, 0.25) is 5.91 Å². The molecule has 0 bridgehead atoms. The molecule has 3 N–H and O–H groups in total. The van der Waals surface area contributed by atoms with Crippen molar-refractivity contribution in [1.82, 2.24) is 10.3 Å². The molecule has 0 spiro atoms. The molecule has 0 fully saturated rings. The summed E-state index contributed by atoms with van der Waals surface area (Å²) in [7, 11) is 0. The number of aliphatic hydroxyl groups excluding tert-OH is 1. The number of aryl methyl sites for hydroxylation is 1. The van der Waals surface area contributed by atoms with E-state index in [0.717, 1.165) is 10.4 Å². The Morgan fingerprint density at radius 3 is 3.11 bits per heavy atom. The van der Waals surface area contributed by atoms with Crippen LogP contribution in [0.15, 0.2) is 29.3 Å². The molecule has 1 aromatic carbocycles. The first-order chi connectivity index (χ1) is 8.72. The first-order valence-corrected chi connectivity index (χ1v) is 6.78. The van der Waals surface area contributed by atoms with E-state index in [1.54, 1.807) is 0 Å². The summed E-state index contributed by atoms with van der Waals surface area (Å²) in [6.07, 6.45) is 1.93. The van der Waals surface area contributed by atoms with Gasteiger partial charge in [0.1, 0.15) is 0 Å². The number of aromatic nitrogens is 1. The lowest BCUT2D eigenvalue weighted by Crippen LogP contribution is -2.27. The normalized spacial score (nSPS) is 10.8. The molecule has 2 rings (SSSR count). The minimum Gasteiger partial charge on any atom is -0.395 e. The van der Waals surface area contributed by atoms with Crippen LogP contribution in [-0.2, 0) is 4.79 Å². The minimum atomic E-state index is -0.0583. The van der Waals surface area contributed by atoms with Crippen LogP contribution in [0.2, 0.25) is 0 Å². The van der Waals surface area contributed by atoms with Crippen molar-refractivity contribution in [2.24, 2.45) is 0 Å². The number of H-pyrrole nitrogens is 1. The highest BCUT2D eigenvalue weighted by Crippen LogP contribution is 2.29. The monoisotopic (exact) mass is 264 g/mol. The standard InChI is InChI=1S/C13H16N2O2S/c1-9-3-2-4-10-13(9)11(7-15-10)18-8-12(17)14-5-6-16/h2-4,7,15-16H,5-6,8H2,1H3,(H,14,17). The maximum atomic E-state index is 11.5. The summed E-state index contributed by atoms with van der Waals surface area (Å²) in [4.78, 5) is 15.8. The molecule has 0 saturated carbocycles. The Morgan fingerprint density at radius 2 is 2.33 bits per heavy atom. The second-order valence-electron chi connectivity index (χ2n) is 4.01. The van der Waals surface area contributed by atoms with Crippen LogP contribution < -0.4 is 5.32 Å². The van der Waals surface area contributed by atoms with Gasteiger partial charge in [0.25, 0.3) is 0 Å². The number of hydrogen-bond donors (Lipinski definition) is 3. The third-order valence-corrected chi connectivity index (χ3v) is 3.71. The number of carbonyl (C=O) groups excluding carboxylic acids is 1. The van der Waals surface area contributed by atoms with Crippen molar-refractivity contribution in [3.8, 4) is 0 Å². The smallest absolute Gasteiger partial charge is 0.230 e. The van der Waals surface area contributed by atoms with Gasteiger partial charge in [0, 0.05) is 28.5 Å². The van der Waals surface area contributed by atoms with Crippen LogP contribution in [0.25, 0.3) is 10.9 Å². The van der Waals surface area contributed by atoms with E-state index in [-0.39, 0.29) is 12.5 Å². The third-order valence-electron chi connectivity index (χ3n) is 2.67. The van der Waals surface area contributed by atoms with E-state index in [2.05, 4.69) is 23.3 Å². The van der Waals surface area contributed by atoms with Crippen molar-refractivity contribution in [3.05, 3.63) is 30.0 Å². The fourth-order valence-corrected chi connectivity index (χ4v) is 2.78. The summed E-state index contributed by atoms with van der Waals surface area (Å²) in [5.74, 6) is 0.304. The van der Waals surface area contributed by atoms with E-state index in [1.165, 1.54) is 22.7 Å². The number of thioether (sulfide) groups is 1. The maximum absolute atomic E-state index is 11.5. The van der Waals surface area contributed by atoms with Crippen LogP contribution in [0, 0.1) is 6.92 Å². The number of aromatic amines is 1. The van der Waals surface area contributed by atoms with Gasteiger partial charge >= 0.3 is 0 Å². The molecule has 0 aliphatic heterocycles. The molecule has 1 heterocycles. The molecule has 0 saturated heterocycles. The van der Waals surface area contributed by atoms with Crippen LogP contribution >= 0.6 is 11.8 Å². The molecule has 96 valence electrons. The molecule has 0 aliphatic rings. The summed E-state index contributed by atoms with van der Waals surface area (Å²) in [5, 5.41) is 12.4. The van der Waals surface area contributed by atoms with Crippen molar-refractivity contribution in [3.63, 3.8) is 0 Å². The second kappa shape index (κ2) is 5.93. The number of fused-ring (bicyclic) bond motifs is 1. The highest BCUT2D eigenvalue weighted by molar-refractivity contribution is 8.00. The van der Waals surface area contributed by atoms with Gasteiger partial charge in [-0.25, -0.2) is 0 Å². The van der Waals surface area contributed by atoms with E-state index in [9.17, 15) is 4.79 Å². The van der Waals surface area contributed by atoms with Crippen LogP contribution in [0.4, 0.5) is 0 Å². The van der Waals surface area contributed by atoms with Crippen LogP contribution in [0.5, 0.6) is 0 Å². The summed E-state index contributed by atoms with van der Waals surface area (Å²) in [6.45, 7) is 2.35. The zero-order valence-electron chi connectivity index (χ0n) is 10.2. The molecule has 0 atom stereocenters. The van der Waals surface area contributed by atoms with Crippen LogP contribution in [0.3, 0.4) is 0 Å². The van der Waals surface area contributed by atoms with Crippen LogP contribution in [0.1, 0.15) is 5.56 Å². The summed E-state index contributed by atoms with van der Waals surface area (Å²) in [6, 6.07) is 6.10. The first kappa shape index (κ1) is 13.0. The third kappa shape index (κ3) is 2.86. The van der Waals surface area contributed by atoms with Crippen molar-refractivity contribution < 1.29 is 9.90 Å². The van der Waals surface area contributed by atoms with E-state index in [0.29, 0.717) is 12.3 Å². The fourth-order valence-electron chi connectivity index (χ4n) is 1.83. The molecule has 0 radical (unpaired) electrons. The second-order valence-corrected chi connectivity index (χ2v) is 5.03. The Balaban J connectivity index is 2.06. The lowest BCUT2D eigenvalue weighted by molar-refractivity contribution is -0.118. The highest BCUT2D eigenvalue weighted by Gasteiger charge is 2.08. The molecule has 4 nitrogen and oxygen atoms in total. The van der Waals surface area contributed by atoms with Gasteiger partial charge in [-0.2, -0.15) is 0 Å². The number of amides is 1. The predicted octanol–water partition coefficient (Wildman–Crippen LogP) is 1.68. The molecule has 5 heteroatoms. The van der Waals surface area contributed by atoms with Gasteiger partial charge in [-0.05, 0) is 18.6 Å². The summed E-state index contributed by atoms with van der Waals surface area (Å²) < 4.78 is 0. The molecule has 0 unspecified atom stereocenters.